The summed E-state index contributed by atoms with van der Waals surface area (Å²) in [6, 6.07) is 21.3. The van der Waals surface area contributed by atoms with Gasteiger partial charge in [0.25, 0.3) is 0 Å². The van der Waals surface area contributed by atoms with E-state index in [-0.39, 0.29) is 0 Å². The molecule has 0 aliphatic carbocycles. The normalized spacial score (nSPS) is 15.8. The first-order valence-electron chi connectivity index (χ1n) is 9.05. The Morgan fingerprint density at radius 2 is 1.67 bits per heavy atom. The van der Waals surface area contributed by atoms with Crippen LogP contribution >= 0.6 is 0 Å². The molecule has 0 spiro atoms. The fraction of sp³-hybridized carbons (Fsp3) is 0.318. The summed E-state index contributed by atoms with van der Waals surface area (Å²) in [7, 11) is 0. The van der Waals surface area contributed by atoms with Crippen molar-refractivity contribution in [3.8, 4) is 11.3 Å². The van der Waals surface area contributed by atoms with Gasteiger partial charge in [0, 0.05) is 29.7 Å². The maximum absolute atomic E-state index is 4.91. The van der Waals surface area contributed by atoms with Gasteiger partial charge in [-0.05, 0) is 30.9 Å². The molecule has 0 bridgehead atoms. The number of piperidine rings is 1. The fourth-order valence-corrected chi connectivity index (χ4v) is 3.76. The van der Waals surface area contributed by atoms with E-state index in [1.165, 1.54) is 35.9 Å². The molecule has 2 heteroatoms. The molecule has 0 N–H and O–H groups in total. The Balaban J connectivity index is 1.79. The van der Waals surface area contributed by atoms with Crippen molar-refractivity contribution >= 4 is 16.6 Å². The van der Waals surface area contributed by atoms with Crippen molar-refractivity contribution in [2.45, 2.75) is 26.2 Å². The zero-order valence-electron chi connectivity index (χ0n) is 14.3. The Morgan fingerprint density at radius 1 is 0.958 bits per heavy atom. The number of pyridine rings is 1. The second-order valence-electron chi connectivity index (χ2n) is 6.75. The topological polar surface area (TPSA) is 16.1 Å². The van der Waals surface area contributed by atoms with Crippen LogP contribution in [0.1, 0.15) is 26.2 Å². The Labute approximate surface area is 144 Å². The molecule has 1 aliphatic rings. The first-order chi connectivity index (χ1) is 11.8. The van der Waals surface area contributed by atoms with Crippen molar-refractivity contribution in [2.75, 3.05) is 18.0 Å². The lowest BCUT2D eigenvalue weighted by Crippen LogP contribution is -2.33. The molecule has 1 saturated heterocycles. The van der Waals surface area contributed by atoms with Gasteiger partial charge >= 0.3 is 0 Å². The van der Waals surface area contributed by atoms with Crippen molar-refractivity contribution in [1.29, 1.82) is 0 Å². The van der Waals surface area contributed by atoms with Gasteiger partial charge in [0.1, 0.15) is 0 Å². The van der Waals surface area contributed by atoms with E-state index < -0.39 is 0 Å². The van der Waals surface area contributed by atoms with Crippen molar-refractivity contribution < 1.29 is 0 Å². The highest BCUT2D eigenvalue weighted by Crippen LogP contribution is 2.33. The van der Waals surface area contributed by atoms with Crippen LogP contribution in [0.4, 0.5) is 5.69 Å². The van der Waals surface area contributed by atoms with E-state index in [9.17, 15) is 0 Å². The van der Waals surface area contributed by atoms with Gasteiger partial charge in [-0.15, -0.1) is 0 Å². The van der Waals surface area contributed by atoms with Crippen molar-refractivity contribution in [1.82, 2.24) is 4.98 Å². The minimum Gasteiger partial charge on any atom is -0.371 e. The highest BCUT2D eigenvalue weighted by atomic mass is 15.1. The lowest BCUT2D eigenvalue weighted by atomic mass is 9.93. The number of para-hydroxylation sites is 1. The van der Waals surface area contributed by atoms with E-state index in [0.29, 0.717) is 0 Å². The molecule has 122 valence electrons. The maximum atomic E-state index is 4.91. The lowest BCUT2D eigenvalue weighted by Gasteiger charge is -2.34. The van der Waals surface area contributed by atoms with E-state index in [2.05, 4.69) is 72.5 Å². The van der Waals surface area contributed by atoms with Gasteiger partial charge in [-0.2, -0.15) is 0 Å². The third kappa shape index (κ3) is 2.89. The molecule has 2 aromatic carbocycles. The summed E-state index contributed by atoms with van der Waals surface area (Å²) >= 11 is 0. The monoisotopic (exact) mass is 316 g/mol. The highest BCUT2D eigenvalue weighted by molar-refractivity contribution is 5.94. The SMILES string of the molecule is CCC1CCN(c2cc(-c3ccccc3)nc3ccccc23)CC1. The van der Waals surface area contributed by atoms with Gasteiger partial charge in [0.2, 0.25) is 0 Å². The molecule has 0 amide bonds. The number of rotatable bonds is 3. The molecule has 1 aromatic heterocycles. The summed E-state index contributed by atoms with van der Waals surface area (Å²) in [5.74, 6) is 0.892. The average Bonchev–Trinajstić information content (AvgIpc) is 2.68. The number of hydrogen-bond donors (Lipinski definition) is 0. The molecule has 2 nitrogen and oxygen atoms in total. The first kappa shape index (κ1) is 15.2. The van der Waals surface area contributed by atoms with Crippen molar-refractivity contribution in [2.24, 2.45) is 5.92 Å². The molecule has 1 aliphatic heterocycles. The summed E-state index contributed by atoms with van der Waals surface area (Å²) in [5, 5.41) is 1.27. The molecular formula is C22H24N2. The van der Waals surface area contributed by atoms with Gasteiger partial charge < -0.3 is 4.90 Å². The van der Waals surface area contributed by atoms with Crippen LogP contribution < -0.4 is 4.90 Å². The molecule has 2 heterocycles. The summed E-state index contributed by atoms with van der Waals surface area (Å²) in [5.41, 5.74) is 4.69. The molecule has 0 unspecified atom stereocenters. The first-order valence-corrected chi connectivity index (χ1v) is 9.05. The molecule has 0 saturated carbocycles. The summed E-state index contributed by atoms with van der Waals surface area (Å²) in [6.07, 6.45) is 3.90. The smallest absolute Gasteiger partial charge is 0.0730 e. The molecule has 3 aromatic rings. The molecule has 4 rings (SSSR count). The lowest BCUT2D eigenvalue weighted by molar-refractivity contribution is 0.395. The highest BCUT2D eigenvalue weighted by Gasteiger charge is 2.20. The Bertz CT molecular complexity index is 818. The van der Waals surface area contributed by atoms with E-state index >= 15 is 0 Å². The second kappa shape index (κ2) is 6.64. The Kier molecular flexibility index (Phi) is 4.20. The number of fused-ring (bicyclic) bond motifs is 1. The Hall–Kier alpha value is -2.35. The fourth-order valence-electron chi connectivity index (χ4n) is 3.76. The zero-order valence-corrected chi connectivity index (χ0v) is 14.3. The zero-order chi connectivity index (χ0) is 16.4. The third-order valence-corrected chi connectivity index (χ3v) is 5.30. The minimum absolute atomic E-state index is 0.892. The van der Waals surface area contributed by atoms with Gasteiger partial charge in [0.15, 0.2) is 0 Å². The largest absolute Gasteiger partial charge is 0.371 e. The van der Waals surface area contributed by atoms with E-state index in [0.717, 1.165) is 30.2 Å². The predicted octanol–water partition coefficient (Wildman–Crippen LogP) is 5.53. The summed E-state index contributed by atoms with van der Waals surface area (Å²) in [6.45, 7) is 4.62. The van der Waals surface area contributed by atoms with Crippen LogP contribution in [0, 0.1) is 5.92 Å². The van der Waals surface area contributed by atoms with Crippen LogP contribution in [-0.4, -0.2) is 18.1 Å². The van der Waals surface area contributed by atoms with Crippen LogP contribution in [0.2, 0.25) is 0 Å². The number of hydrogen-bond acceptors (Lipinski definition) is 2. The van der Waals surface area contributed by atoms with Crippen LogP contribution in [0.5, 0.6) is 0 Å². The number of anilines is 1. The van der Waals surface area contributed by atoms with E-state index in [1.807, 2.05) is 0 Å². The van der Waals surface area contributed by atoms with Gasteiger partial charge in [-0.3, -0.25) is 0 Å². The van der Waals surface area contributed by atoms with Crippen molar-refractivity contribution in [3.05, 3.63) is 60.7 Å². The maximum Gasteiger partial charge on any atom is 0.0730 e. The minimum atomic E-state index is 0.892. The summed E-state index contributed by atoms with van der Waals surface area (Å²) < 4.78 is 0. The van der Waals surface area contributed by atoms with Gasteiger partial charge in [-0.1, -0.05) is 61.9 Å². The van der Waals surface area contributed by atoms with Gasteiger partial charge in [0.05, 0.1) is 11.2 Å². The van der Waals surface area contributed by atoms with Crippen LogP contribution in [0.25, 0.3) is 22.2 Å². The standard InChI is InChI=1S/C22H24N2/c1-2-17-12-14-24(15-13-17)22-16-21(18-8-4-3-5-9-18)23-20-11-7-6-10-19(20)22/h3-11,16-17H,2,12-15H2,1H3. The van der Waals surface area contributed by atoms with Crippen LogP contribution in [-0.2, 0) is 0 Å². The van der Waals surface area contributed by atoms with E-state index in [4.69, 9.17) is 4.98 Å². The number of benzene rings is 2. The molecular weight excluding hydrogens is 292 g/mol. The third-order valence-electron chi connectivity index (χ3n) is 5.30. The van der Waals surface area contributed by atoms with Crippen LogP contribution in [0.15, 0.2) is 60.7 Å². The molecule has 24 heavy (non-hydrogen) atoms. The van der Waals surface area contributed by atoms with Crippen LogP contribution in [0.3, 0.4) is 0 Å². The Morgan fingerprint density at radius 3 is 2.42 bits per heavy atom. The predicted molar refractivity (Wildman–Crippen MR) is 102 cm³/mol. The number of aromatic nitrogens is 1. The van der Waals surface area contributed by atoms with Crippen molar-refractivity contribution in [3.63, 3.8) is 0 Å². The summed E-state index contributed by atoms with van der Waals surface area (Å²) in [4.78, 5) is 7.46. The molecule has 0 radical (unpaired) electrons. The molecule has 1 fully saturated rings. The molecule has 0 atom stereocenters. The van der Waals surface area contributed by atoms with Gasteiger partial charge in [-0.25, -0.2) is 4.98 Å². The number of nitrogens with zero attached hydrogens (tertiary/aromatic N) is 2. The average molecular weight is 316 g/mol. The quantitative estimate of drug-likeness (QED) is 0.631. The van der Waals surface area contributed by atoms with E-state index in [1.54, 1.807) is 0 Å². The second-order valence-corrected chi connectivity index (χ2v) is 6.75.